The van der Waals surface area contributed by atoms with Gasteiger partial charge in [0.2, 0.25) is 0 Å². The molecule has 0 fully saturated rings. The van der Waals surface area contributed by atoms with Gasteiger partial charge in [-0.2, -0.15) is 0 Å². The molecule has 0 spiro atoms. The Balaban J connectivity index is 1.81. The lowest BCUT2D eigenvalue weighted by atomic mass is 9.96. The molecule has 4 nitrogen and oxygen atoms in total. The van der Waals surface area contributed by atoms with Crippen LogP contribution in [0.1, 0.15) is 37.3 Å². The van der Waals surface area contributed by atoms with Gasteiger partial charge in [0.1, 0.15) is 5.82 Å². The zero-order valence-electron chi connectivity index (χ0n) is 15.1. The summed E-state index contributed by atoms with van der Waals surface area (Å²) in [5.41, 5.74) is 1.80. The Hall–Kier alpha value is -2.69. The van der Waals surface area contributed by atoms with E-state index in [0.717, 1.165) is 12.0 Å². The van der Waals surface area contributed by atoms with Crippen molar-refractivity contribution in [3.05, 3.63) is 71.5 Å². The molecule has 0 aliphatic carbocycles. The van der Waals surface area contributed by atoms with E-state index >= 15 is 0 Å². The van der Waals surface area contributed by atoms with Gasteiger partial charge in [-0.3, -0.25) is 9.59 Å². The first kappa shape index (κ1) is 19.6. The normalized spacial score (nSPS) is 12.9. The summed E-state index contributed by atoms with van der Waals surface area (Å²) in [5.74, 6) is -0.998. The molecule has 0 unspecified atom stereocenters. The maximum Gasteiger partial charge on any atom is 0.311 e. The van der Waals surface area contributed by atoms with Gasteiger partial charge in [-0.15, -0.1) is 0 Å². The van der Waals surface area contributed by atoms with Crippen LogP contribution in [0.3, 0.4) is 0 Å². The zero-order chi connectivity index (χ0) is 18.9. The van der Waals surface area contributed by atoms with Crippen molar-refractivity contribution in [2.75, 3.05) is 6.54 Å². The molecule has 2 aromatic carbocycles. The van der Waals surface area contributed by atoms with Crippen LogP contribution >= 0.6 is 0 Å². The molecule has 0 aliphatic heterocycles. The summed E-state index contributed by atoms with van der Waals surface area (Å²) < 4.78 is 18.0. The van der Waals surface area contributed by atoms with Crippen molar-refractivity contribution in [1.29, 1.82) is 0 Å². The predicted molar refractivity (Wildman–Crippen MR) is 98.1 cm³/mol. The molecule has 0 heterocycles. The van der Waals surface area contributed by atoms with E-state index in [-0.39, 0.29) is 24.1 Å². The van der Waals surface area contributed by atoms with Crippen molar-refractivity contribution in [1.82, 2.24) is 5.32 Å². The maximum absolute atomic E-state index is 12.9. The Morgan fingerprint density at radius 3 is 2.35 bits per heavy atom. The molecule has 138 valence electrons. The topological polar surface area (TPSA) is 55.4 Å². The summed E-state index contributed by atoms with van der Waals surface area (Å²) in [5, 5.41) is 2.84. The van der Waals surface area contributed by atoms with Gasteiger partial charge in [-0.05, 0) is 36.6 Å². The highest BCUT2D eigenvalue weighted by Crippen LogP contribution is 2.18. The van der Waals surface area contributed by atoms with Crippen LogP contribution < -0.4 is 5.32 Å². The third kappa shape index (κ3) is 5.99. The molecular weight excluding hydrogens is 333 g/mol. The summed E-state index contributed by atoms with van der Waals surface area (Å²) in [6, 6.07) is 15.6. The van der Waals surface area contributed by atoms with Crippen LogP contribution in [-0.2, 0) is 20.7 Å². The summed E-state index contributed by atoms with van der Waals surface area (Å²) in [4.78, 5) is 24.1. The molecule has 0 radical (unpaired) electrons. The van der Waals surface area contributed by atoms with Gasteiger partial charge in [-0.25, -0.2) is 4.39 Å². The first-order chi connectivity index (χ1) is 12.5. The van der Waals surface area contributed by atoms with E-state index in [9.17, 15) is 14.0 Å². The number of carbonyl (C=O) groups excluding carboxylic acids is 2. The second kappa shape index (κ2) is 9.70. The molecule has 0 bridgehead atoms. The van der Waals surface area contributed by atoms with Crippen LogP contribution in [0, 0.1) is 5.82 Å². The molecular formula is C21H24FNO3. The van der Waals surface area contributed by atoms with E-state index < -0.39 is 12.1 Å². The number of esters is 1. The van der Waals surface area contributed by atoms with Gasteiger partial charge < -0.3 is 10.1 Å². The summed E-state index contributed by atoms with van der Waals surface area (Å²) in [6.07, 6.45) is 0.0129. The van der Waals surface area contributed by atoms with Crippen LogP contribution in [0.25, 0.3) is 0 Å². The Bertz CT molecular complexity index is 716. The number of carbonyl (C=O) groups is 2. The lowest BCUT2D eigenvalue weighted by Gasteiger charge is -2.18. The van der Waals surface area contributed by atoms with Crippen LogP contribution in [0.15, 0.2) is 54.6 Å². The highest BCUT2D eigenvalue weighted by molar-refractivity contribution is 5.83. The Labute approximate surface area is 153 Å². The van der Waals surface area contributed by atoms with E-state index in [1.54, 1.807) is 6.92 Å². The third-order valence-corrected chi connectivity index (χ3v) is 4.23. The average Bonchev–Trinajstić information content (AvgIpc) is 2.64. The molecule has 0 aromatic heterocycles. The minimum atomic E-state index is -0.878. The molecule has 1 amide bonds. The fraction of sp³-hybridized carbons (Fsp3) is 0.333. The second-order valence-corrected chi connectivity index (χ2v) is 6.20. The first-order valence-corrected chi connectivity index (χ1v) is 8.76. The van der Waals surface area contributed by atoms with Crippen molar-refractivity contribution in [2.24, 2.45) is 0 Å². The molecule has 5 heteroatoms. The van der Waals surface area contributed by atoms with Gasteiger partial charge in [0.15, 0.2) is 6.10 Å². The SMILES string of the molecule is CC[C@H](CNC(=O)[C@H](C)OC(=O)Cc1ccc(F)cc1)c1ccccc1. The lowest BCUT2D eigenvalue weighted by molar-refractivity contribution is -0.154. The minimum Gasteiger partial charge on any atom is -0.452 e. The number of ether oxygens (including phenoxy) is 1. The Morgan fingerprint density at radius 2 is 1.73 bits per heavy atom. The standard InChI is InChI=1S/C21H24FNO3/c1-3-17(18-7-5-4-6-8-18)14-23-21(25)15(2)26-20(24)13-16-9-11-19(22)12-10-16/h4-12,15,17H,3,13-14H2,1-2H3,(H,23,25)/t15-,17+/m0/s1. The molecule has 1 N–H and O–H groups in total. The van der Waals surface area contributed by atoms with Crippen LogP contribution in [0.4, 0.5) is 4.39 Å². The minimum absolute atomic E-state index is 0.000496. The lowest BCUT2D eigenvalue weighted by Crippen LogP contribution is -2.38. The molecule has 2 rings (SSSR count). The van der Waals surface area contributed by atoms with Crippen LogP contribution in [0.2, 0.25) is 0 Å². The fourth-order valence-electron chi connectivity index (χ4n) is 2.65. The largest absolute Gasteiger partial charge is 0.452 e. The van der Waals surface area contributed by atoms with Crippen molar-refractivity contribution in [3.63, 3.8) is 0 Å². The number of rotatable bonds is 8. The quantitative estimate of drug-likeness (QED) is 0.734. The monoisotopic (exact) mass is 357 g/mol. The van der Waals surface area contributed by atoms with Gasteiger partial charge in [0.25, 0.3) is 5.91 Å². The van der Waals surface area contributed by atoms with Gasteiger partial charge in [0, 0.05) is 12.5 Å². The van der Waals surface area contributed by atoms with E-state index in [0.29, 0.717) is 12.1 Å². The van der Waals surface area contributed by atoms with Crippen LogP contribution in [-0.4, -0.2) is 24.5 Å². The first-order valence-electron chi connectivity index (χ1n) is 8.76. The van der Waals surface area contributed by atoms with E-state index in [2.05, 4.69) is 12.2 Å². The molecule has 0 aliphatic rings. The van der Waals surface area contributed by atoms with E-state index in [1.165, 1.54) is 24.3 Å². The Kier molecular flexibility index (Phi) is 7.33. The molecule has 0 saturated carbocycles. The van der Waals surface area contributed by atoms with Crippen molar-refractivity contribution >= 4 is 11.9 Å². The highest BCUT2D eigenvalue weighted by atomic mass is 19.1. The Morgan fingerprint density at radius 1 is 1.08 bits per heavy atom. The smallest absolute Gasteiger partial charge is 0.311 e. The number of hydrogen-bond donors (Lipinski definition) is 1. The summed E-state index contributed by atoms with van der Waals surface area (Å²) in [7, 11) is 0. The van der Waals surface area contributed by atoms with Crippen molar-refractivity contribution in [2.45, 2.75) is 38.7 Å². The number of benzene rings is 2. The average molecular weight is 357 g/mol. The molecule has 2 aromatic rings. The maximum atomic E-state index is 12.9. The van der Waals surface area contributed by atoms with E-state index in [1.807, 2.05) is 30.3 Å². The van der Waals surface area contributed by atoms with Gasteiger partial charge in [0.05, 0.1) is 6.42 Å². The van der Waals surface area contributed by atoms with Crippen molar-refractivity contribution < 1.29 is 18.7 Å². The number of nitrogens with one attached hydrogen (secondary N) is 1. The fourth-order valence-corrected chi connectivity index (χ4v) is 2.65. The van der Waals surface area contributed by atoms with Crippen molar-refractivity contribution in [3.8, 4) is 0 Å². The molecule has 2 atom stereocenters. The van der Waals surface area contributed by atoms with Gasteiger partial charge in [-0.1, -0.05) is 49.4 Å². The molecule has 0 saturated heterocycles. The number of amides is 1. The highest BCUT2D eigenvalue weighted by Gasteiger charge is 2.19. The zero-order valence-corrected chi connectivity index (χ0v) is 15.1. The second-order valence-electron chi connectivity index (χ2n) is 6.20. The number of halogens is 1. The van der Waals surface area contributed by atoms with E-state index in [4.69, 9.17) is 4.74 Å². The van der Waals surface area contributed by atoms with Crippen LogP contribution in [0.5, 0.6) is 0 Å². The third-order valence-electron chi connectivity index (χ3n) is 4.23. The number of hydrogen-bond acceptors (Lipinski definition) is 3. The molecule has 26 heavy (non-hydrogen) atoms. The summed E-state index contributed by atoms with van der Waals surface area (Å²) >= 11 is 0. The van der Waals surface area contributed by atoms with Gasteiger partial charge >= 0.3 is 5.97 Å². The predicted octanol–water partition coefficient (Wildman–Crippen LogP) is 3.61. The summed E-state index contributed by atoms with van der Waals surface area (Å²) in [6.45, 7) is 4.09.